The highest BCUT2D eigenvalue weighted by Gasteiger charge is 2.28. The Morgan fingerprint density at radius 1 is 1.33 bits per heavy atom. The van der Waals surface area contributed by atoms with Gasteiger partial charge in [-0.3, -0.25) is 0 Å². The number of fused-ring (bicyclic) bond motifs is 1. The first-order valence-corrected chi connectivity index (χ1v) is 7.84. The molecule has 0 unspecified atom stereocenters. The minimum Gasteiger partial charge on any atom is -0.347 e. The maximum atomic E-state index is 14.4. The Bertz CT molecular complexity index is 673. The van der Waals surface area contributed by atoms with Gasteiger partial charge in [-0.05, 0) is 54.4 Å². The fourth-order valence-corrected chi connectivity index (χ4v) is 3.07. The number of halogens is 1. The van der Waals surface area contributed by atoms with Crippen molar-refractivity contribution in [1.82, 2.24) is 4.57 Å². The van der Waals surface area contributed by atoms with E-state index in [1.54, 1.807) is 6.07 Å². The van der Waals surface area contributed by atoms with Crippen molar-refractivity contribution in [3.8, 4) is 0 Å². The fourth-order valence-electron chi connectivity index (χ4n) is 3.07. The summed E-state index contributed by atoms with van der Waals surface area (Å²) in [5, 5.41) is 0.969. The molecular weight excluding hydrogens is 263 g/mol. The van der Waals surface area contributed by atoms with E-state index in [2.05, 4.69) is 37.6 Å². The van der Waals surface area contributed by atoms with Crippen LogP contribution in [0.1, 0.15) is 63.6 Å². The van der Waals surface area contributed by atoms with Crippen LogP contribution in [0.5, 0.6) is 0 Å². The topological polar surface area (TPSA) is 30.9 Å². The van der Waals surface area contributed by atoms with Crippen LogP contribution in [0, 0.1) is 11.2 Å². The van der Waals surface area contributed by atoms with E-state index < -0.39 is 0 Å². The van der Waals surface area contributed by atoms with Gasteiger partial charge < -0.3 is 10.3 Å². The number of aromatic nitrogens is 1. The van der Waals surface area contributed by atoms with E-state index in [1.165, 1.54) is 0 Å². The lowest BCUT2D eigenvalue weighted by molar-refractivity contribution is 0.349. The average molecular weight is 288 g/mol. The fraction of sp³-hybridized carbons (Fsp3) is 0.556. The van der Waals surface area contributed by atoms with E-state index in [1.807, 2.05) is 6.92 Å². The van der Waals surface area contributed by atoms with Crippen LogP contribution in [0.2, 0.25) is 0 Å². The average Bonchev–Trinajstić information content (AvgIpc) is 3.12. The molecule has 2 N–H and O–H groups in total. The molecule has 1 aliphatic rings. The first-order valence-electron chi connectivity index (χ1n) is 7.84. The van der Waals surface area contributed by atoms with Crippen molar-refractivity contribution in [3.63, 3.8) is 0 Å². The molecule has 1 atom stereocenters. The SMILES string of the molecule is C[C@@H](N)c1cn(CC(C)(C)C)c2cc(C3CC3)c(F)cc12. The molecule has 1 saturated carbocycles. The molecule has 3 heteroatoms. The highest BCUT2D eigenvalue weighted by atomic mass is 19.1. The monoisotopic (exact) mass is 288 g/mol. The summed E-state index contributed by atoms with van der Waals surface area (Å²) in [6, 6.07) is 3.67. The zero-order valence-corrected chi connectivity index (χ0v) is 13.4. The van der Waals surface area contributed by atoms with Crippen molar-refractivity contribution in [3.05, 3.63) is 35.3 Å². The van der Waals surface area contributed by atoms with E-state index in [-0.39, 0.29) is 17.3 Å². The molecule has 0 aliphatic heterocycles. The van der Waals surface area contributed by atoms with Crippen LogP contribution in [0.3, 0.4) is 0 Å². The summed E-state index contributed by atoms with van der Waals surface area (Å²) in [5.41, 5.74) is 9.30. The van der Waals surface area contributed by atoms with Gasteiger partial charge in [0.2, 0.25) is 0 Å². The summed E-state index contributed by atoms with van der Waals surface area (Å²) in [5.74, 6) is 0.353. The standard InChI is InChI=1S/C18H25FN2/c1-11(20)15-9-21(10-18(2,3)4)17-8-13(12-5-6-12)16(19)7-14(15)17/h7-9,11-12H,5-6,10,20H2,1-4H3/t11-/m1/s1. The zero-order chi connectivity index (χ0) is 15.4. The van der Waals surface area contributed by atoms with E-state index in [4.69, 9.17) is 5.73 Å². The van der Waals surface area contributed by atoms with Crippen molar-refractivity contribution in [2.45, 2.75) is 59.0 Å². The molecule has 0 saturated heterocycles. The lowest BCUT2D eigenvalue weighted by Gasteiger charge is -2.20. The van der Waals surface area contributed by atoms with Crippen LogP contribution >= 0.6 is 0 Å². The molecule has 1 heterocycles. The Hall–Kier alpha value is -1.35. The Labute approximate surface area is 126 Å². The van der Waals surface area contributed by atoms with E-state index in [9.17, 15) is 4.39 Å². The highest BCUT2D eigenvalue weighted by Crippen LogP contribution is 2.43. The van der Waals surface area contributed by atoms with Gasteiger partial charge in [0.25, 0.3) is 0 Å². The van der Waals surface area contributed by atoms with Crippen LogP contribution < -0.4 is 5.73 Å². The number of benzene rings is 1. The second-order valence-electron chi connectivity index (χ2n) is 7.73. The lowest BCUT2D eigenvalue weighted by Crippen LogP contribution is -2.14. The molecule has 0 spiro atoms. The van der Waals surface area contributed by atoms with Crippen molar-refractivity contribution in [1.29, 1.82) is 0 Å². The maximum absolute atomic E-state index is 14.4. The molecule has 2 nitrogen and oxygen atoms in total. The predicted molar refractivity (Wildman–Crippen MR) is 85.9 cm³/mol. The zero-order valence-electron chi connectivity index (χ0n) is 13.4. The minimum atomic E-state index is -0.0834. The van der Waals surface area contributed by atoms with E-state index >= 15 is 0 Å². The van der Waals surface area contributed by atoms with Gasteiger partial charge in [-0.1, -0.05) is 20.8 Å². The van der Waals surface area contributed by atoms with Gasteiger partial charge in [0, 0.05) is 29.7 Å². The summed E-state index contributed by atoms with van der Waals surface area (Å²) in [4.78, 5) is 0. The quantitative estimate of drug-likeness (QED) is 0.870. The summed E-state index contributed by atoms with van der Waals surface area (Å²) in [7, 11) is 0. The summed E-state index contributed by atoms with van der Waals surface area (Å²) in [6.07, 6.45) is 4.34. The van der Waals surface area contributed by atoms with Crippen LogP contribution in [-0.2, 0) is 6.54 Å². The van der Waals surface area contributed by atoms with Gasteiger partial charge in [0.1, 0.15) is 5.82 Å². The number of hydrogen-bond acceptors (Lipinski definition) is 1. The number of hydrogen-bond donors (Lipinski definition) is 1. The molecule has 0 bridgehead atoms. The Kier molecular flexibility index (Phi) is 3.36. The molecule has 1 fully saturated rings. The number of rotatable bonds is 3. The van der Waals surface area contributed by atoms with Crippen molar-refractivity contribution < 1.29 is 4.39 Å². The van der Waals surface area contributed by atoms with Gasteiger partial charge in [0.05, 0.1) is 0 Å². The summed E-state index contributed by atoms with van der Waals surface area (Å²) in [6.45, 7) is 9.52. The van der Waals surface area contributed by atoms with E-state index in [0.29, 0.717) is 5.92 Å². The predicted octanol–water partition coefficient (Wildman–Crippen LogP) is 4.72. The largest absolute Gasteiger partial charge is 0.347 e. The Morgan fingerprint density at radius 2 is 2.00 bits per heavy atom. The maximum Gasteiger partial charge on any atom is 0.127 e. The van der Waals surface area contributed by atoms with Crippen molar-refractivity contribution >= 4 is 10.9 Å². The molecule has 1 aromatic heterocycles. The smallest absolute Gasteiger partial charge is 0.127 e. The highest BCUT2D eigenvalue weighted by molar-refractivity contribution is 5.85. The lowest BCUT2D eigenvalue weighted by atomic mass is 9.97. The number of nitrogens with two attached hydrogens (primary N) is 1. The second kappa shape index (κ2) is 4.84. The second-order valence-corrected chi connectivity index (χ2v) is 7.73. The van der Waals surface area contributed by atoms with Crippen molar-refractivity contribution in [2.75, 3.05) is 0 Å². The van der Waals surface area contributed by atoms with Crippen LogP contribution in [-0.4, -0.2) is 4.57 Å². The van der Waals surface area contributed by atoms with Crippen LogP contribution in [0.15, 0.2) is 18.3 Å². The first-order chi connectivity index (χ1) is 9.76. The molecule has 0 amide bonds. The van der Waals surface area contributed by atoms with Gasteiger partial charge in [-0.2, -0.15) is 0 Å². The molecule has 0 radical (unpaired) electrons. The third kappa shape index (κ3) is 2.84. The van der Waals surface area contributed by atoms with Gasteiger partial charge >= 0.3 is 0 Å². The summed E-state index contributed by atoms with van der Waals surface area (Å²) < 4.78 is 16.6. The van der Waals surface area contributed by atoms with Gasteiger partial charge in [0.15, 0.2) is 0 Å². The van der Waals surface area contributed by atoms with Gasteiger partial charge in [-0.15, -0.1) is 0 Å². The molecule has 21 heavy (non-hydrogen) atoms. The molecule has 2 aromatic rings. The van der Waals surface area contributed by atoms with Crippen molar-refractivity contribution in [2.24, 2.45) is 11.1 Å². The first kappa shape index (κ1) is 14.6. The normalized spacial score (nSPS) is 17.4. The Morgan fingerprint density at radius 3 is 2.52 bits per heavy atom. The Balaban J connectivity index is 2.19. The third-order valence-corrected chi connectivity index (χ3v) is 4.18. The van der Waals surface area contributed by atoms with Crippen LogP contribution in [0.4, 0.5) is 4.39 Å². The molecule has 3 rings (SSSR count). The van der Waals surface area contributed by atoms with Crippen LogP contribution in [0.25, 0.3) is 10.9 Å². The minimum absolute atomic E-state index is 0.0691. The summed E-state index contributed by atoms with van der Waals surface area (Å²) >= 11 is 0. The molecule has 114 valence electrons. The van der Waals surface area contributed by atoms with E-state index in [0.717, 1.165) is 41.4 Å². The third-order valence-electron chi connectivity index (χ3n) is 4.18. The molecular formula is C18H25FN2. The van der Waals surface area contributed by atoms with Gasteiger partial charge in [-0.25, -0.2) is 4.39 Å². The molecule has 1 aliphatic carbocycles. The molecule has 1 aromatic carbocycles. The number of nitrogens with zero attached hydrogens (tertiary/aromatic N) is 1.